The predicted molar refractivity (Wildman–Crippen MR) is 166 cm³/mol. The van der Waals surface area contributed by atoms with Gasteiger partial charge in [-0.1, -0.05) is 24.3 Å². The van der Waals surface area contributed by atoms with Crippen LogP contribution in [0.3, 0.4) is 0 Å². The molecule has 236 valence electrons. The number of carboxylic acids is 1. The van der Waals surface area contributed by atoms with Crippen LogP contribution in [0.5, 0.6) is 11.5 Å². The van der Waals surface area contributed by atoms with Crippen LogP contribution >= 0.6 is 0 Å². The first-order chi connectivity index (χ1) is 21.4. The molecule has 2 amide bonds. The number of carbonyl (C=O) groups is 3. The second-order valence-corrected chi connectivity index (χ2v) is 11.9. The molecule has 1 aliphatic carbocycles. The van der Waals surface area contributed by atoms with Gasteiger partial charge in [0.25, 0.3) is 11.8 Å². The predicted octanol–water partition coefficient (Wildman–Crippen LogP) is 3.45. The molecule has 45 heavy (non-hydrogen) atoms. The van der Waals surface area contributed by atoms with Gasteiger partial charge < -0.3 is 36.5 Å². The highest BCUT2D eigenvalue weighted by atomic mass is 16.5. The van der Waals surface area contributed by atoms with E-state index >= 15 is 0 Å². The van der Waals surface area contributed by atoms with Crippen molar-refractivity contribution in [3.05, 3.63) is 83.7 Å². The number of hydrogen-bond acceptors (Lipinski definition) is 8. The van der Waals surface area contributed by atoms with Crippen molar-refractivity contribution in [1.82, 2.24) is 14.9 Å². The summed E-state index contributed by atoms with van der Waals surface area (Å²) in [7, 11) is 0. The molecule has 1 fully saturated rings. The average molecular weight is 616 g/mol. The summed E-state index contributed by atoms with van der Waals surface area (Å²) in [5, 5.41) is 26.6. The molecule has 12 heteroatoms. The van der Waals surface area contributed by atoms with E-state index in [1.165, 1.54) is 6.20 Å². The van der Waals surface area contributed by atoms with Gasteiger partial charge in [-0.25, -0.2) is 4.52 Å². The molecule has 4 aromatic rings. The van der Waals surface area contributed by atoms with Gasteiger partial charge in [0.1, 0.15) is 24.1 Å². The third kappa shape index (κ3) is 7.59. The number of ether oxygens (including phenoxy) is 2. The van der Waals surface area contributed by atoms with Crippen molar-refractivity contribution in [1.29, 1.82) is 0 Å². The monoisotopic (exact) mass is 615 g/mol. The highest BCUT2D eigenvalue weighted by molar-refractivity contribution is 6.00. The van der Waals surface area contributed by atoms with Gasteiger partial charge in [-0.15, -0.1) is 0 Å². The molecular weight excluding hydrogens is 578 g/mol. The molecule has 2 heterocycles. The van der Waals surface area contributed by atoms with E-state index in [2.05, 4.69) is 10.4 Å². The minimum Gasteiger partial charge on any atom is -0.490 e. The second kappa shape index (κ2) is 13.0. The second-order valence-electron chi connectivity index (χ2n) is 11.9. The number of benzene rings is 2. The largest absolute Gasteiger partial charge is 0.490 e. The van der Waals surface area contributed by atoms with E-state index in [4.69, 9.17) is 20.9 Å². The number of nitrogens with zero attached hydrogens (tertiary/aromatic N) is 2. The van der Waals surface area contributed by atoms with Crippen molar-refractivity contribution in [3.63, 3.8) is 0 Å². The Morgan fingerprint density at radius 3 is 2.47 bits per heavy atom. The van der Waals surface area contributed by atoms with Crippen LogP contribution in [0.15, 0.2) is 67.0 Å². The molecule has 0 radical (unpaired) electrons. The van der Waals surface area contributed by atoms with Crippen LogP contribution in [0.4, 0.5) is 0 Å². The molecule has 12 nitrogen and oxygen atoms in total. The maximum absolute atomic E-state index is 13.1. The lowest BCUT2D eigenvalue weighted by Crippen LogP contribution is -2.39. The van der Waals surface area contributed by atoms with Gasteiger partial charge in [0.2, 0.25) is 0 Å². The zero-order chi connectivity index (χ0) is 32.3. The van der Waals surface area contributed by atoms with Gasteiger partial charge in [0.15, 0.2) is 0 Å². The highest BCUT2D eigenvalue weighted by Crippen LogP contribution is 2.32. The lowest BCUT2D eigenvalue weighted by atomic mass is 9.92. The number of aromatic nitrogens is 2. The quantitative estimate of drug-likeness (QED) is 0.168. The van der Waals surface area contributed by atoms with Gasteiger partial charge >= 0.3 is 5.97 Å². The minimum atomic E-state index is -1.16. The van der Waals surface area contributed by atoms with Gasteiger partial charge in [-0.2, -0.15) is 5.10 Å². The maximum atomic E-state index is 13.1. The number of pyridine rings is 1. The summed E-state index contributed by atoms with van der Waals surface area (Å²) < 4.78 is 13.5. The summed E-state index contributed by atoms with van der Waals surface area (Å²) in [5.74, 6) is -1.11. The lowest BCUT2D eigenvalue weighted by Gasteiger charge is -2.30. The summed E-state index contributed by atoms with van der Waals surface area (Å²) in [6, 6.07) is 14.2. The molecule has 2 aromatic heterocycles. The van der Waals surface area contributed by atoms with E-state index in [1.54, 1.807) is 73.1 Å². The Kier molecular flexibility index (Phi) is 9.07. The van der Waals surface area contributed by atoms with E-state index < -0.39 is 23.5 Å². The van der Waals surface area contributed by atoms with Crippen LogP contribution in [0.25, 0.3) is 16.6 Å². The molecule has 1 atom stereocenters. The Bertz CT molecular complexity index is 1720. The molecule has 0 bridgehead atoms. The van der Waals surface area contributed by atoms with Gasteiger partial charge in [-0.3, -0.25) is 14.4 Å². The Morgan fingerprint density at radius 1 is 1.04 bits per heavy atom. The Morgan fingerprint density at radius 2 is 1.78 bits per heavy atom. The lowest BCUT2D eigenvalue weighted by molar-refractivity contribution is -0.138. The minimum absolute atomic E-state index is 0.0650. The van der Waals surface area contributed by atoms with Crippen LogP contribution < -0.4 is 26.3 Å². The zero-order valence-electron chi connectivity index (χ0n) is 25.1. The first kappa shape index (κ1) is 31.5. The summed E-state index contributed by atoms with van der Waals surface area (Å²) in [6.45, 7) is 3.43. The number of hydrogen-bond donors (Lipinski definition) is 5. The van der Waals surface area contributed by atoms with Crippen LogP contribution in [0.2, 0.25) is 0 Å². The summed E-state index contributed by atoms with van der Waals surface area (Å²) >= 11 is 0. The summed E-state index contributed by atoms with van der Waals surface area (Å²) in [5.41, 5.74) is 13.7. The average Bonchev–Trinajstić information content (AvgIpc) is 3.44. The normalized spacial score (nSPS) is 17.4. The van der Waals surface area contributed by atoms with Crippen LogP contribution in [-0.2, 0) is 4.79 Å². The first-order valence-corrected chi connectivity index (χ1v) is 14.7. The topological polar surface area (TPSA) is 191 Å². The Balaban J connectivity index is 1.22. The smallest absolute Gasteiger partial charge is 0.325 e. The number of rotatable bonds is 11. The van der Waals surface area contributed by atoms with Crippen molar-refractivity contribution in [2.24, 2.45) is 11.5 Å². The number of carboxylic acid groups (broad SMARTS) is 1. The van der Waals surface area contributed by atoms with Gasteiger partial charge in [-0.05, 0) is 86.6 Å². The van der Waals surface area contributed by atoms with E-state index in [-0.39, 0.29) is 30.2 Å². The molecule has 0 spiro atoms. The summed E-state index contributed by atoms with van der Waals surface area (Å²) in [4.78, 5) is 36.7. The number of nitrogens with one attached hydrogen (secondary N) is 1. The van der Waals surface area contributed by atoms with Crippen LogP contribution in [-0.4, -0.2) is 62.0 Å². The fourth-order valence-electron chi connectivity index (χ4n) is 5.31. The Hall–Kier alpha value is -4.94. The number of carbonyl (C=O) groups excluding carboxylic acids is 2. The maximum Gasteiger partial charge on any atom is 0.325 e. The standard InChI is InChI=1S/C33H37N5O7/c1-33(2,43)18-44-24-11-13-27-26(16-36-38(27)17-24)31(40)37-22-7-9-23(10-8-22)45-28-15-20(6-12-25(28)30(35)39)19-4-3-5-21(14-19)29(34)32(41)42/h3-6,11-17,22-23,29,43H,7-10,18,34H2,1-2H3,(H2,35,39)(H,37,40)(H,41,42). The van der Waals surface area contributed by atoms with Crippen molar-refractivity contribution >= 4 is 23.3 Å². The third-order valence-corrected chi connectivity index (χ3v) is 7.72. The van der Waals surface area contributed by atoms with Crippen molar-refractivity contribution < 1.29 is 34.1 Å². The number of aliphatic hydroxyl groups is 1. The number of nitrogens with two attached hydrogens (primary N) is 2. The van der Waals surface area contributed by atoms with Crippen molar-refractivity contribution in [2.45, 2.75) is 63.3 Å². The first-order valence-electron chi connectivity index (χ1n) is 14.7. The molecule has 0 aliphatic heterocycles. The molecule has 7 N–H and O–H groups in total. The molecular formula is C33H37N5O7. The highest BCUT2D eigenvalue weighted by Gasteiger charge is 2.26. The molecule has 0 saturated heterocycles. The SMILES string of the molecule is CC(C)(O)COc1ccc2c(C(=O)NC3CCC(Oc4cc(-c5cccc(C(N)C(=O)O)c5)ccc4C(N)=O)CC3)cnn2c1. The molecule has 2 aromatic carbocycles. The van der Waals surface area contributed by atoms with E-state index in [9.17, 15) is 24.6 Å². The van der Waals surface area contributed by atoms with Crippen LogP contribution in [0.1, 0.15) is 71.9 Å². The third-order valence-electron chi connectivity index (χ3n) is 7.72. The fourth-order valence-corrected chi connectivity index (χ4v) is 5.31. The fraction of sp³-hybridized carbons (Fsp3) is 0.333. The number of fused-ring (bicyclic) bond motifs is 1. The molecule has 1 unspecified atom stereocenters. The number of amides is 2. The molecule has 5 rings (SSSR count). The van der Waals surface area contributed by atoms with Gasteiger partial charge in [0.05, 0.1) is 40.7 Å². The van der Waals surface area contributed by atoms with E-state index in [1.807, 2.05) is 6.07 Å². The van der Waals surface area contributed by atoms with Crippen LogP contribution in [0, 0.1) is 0 Å². The Labute approximate surface area is 259 Å². The van der Waals surface area contributed by atoms with E-state index in [0.717, 1.165) is 11.1 Å². The number of aliphatic carboxylic acids is 1. The number of primary amides is 1. The zero-order valence-corrected chi connectivity index (χ0v) is 25.1. The van der Waals surface area contributed by atoms with Gasteiger partial charge in [0, 0.05) is 6.04 Å². The van der Waals surface area contributed by atoms with E-state index in [0.29, 0.717) is 53.8 Å². The summed E-state index contributed by atoms with van der Waals surface area (Å²) in [6.07, 6.45) is 5.62. The molecule has 1 saturated carbocycles. The van der Waals surface area contributed by atoms with Crippen molar-refractivity contribution in [3.8, 4) is 22.6 Å². The van der Waals surface area contributed by atoms with Crippen molar-refractivity contribution in [2.75, 3.05) is 6.61 Å². The molecule has 1 aliphatic rings.